The topological polar surface area (TPSA) is 73.9 Å². The number of carbonyl (C=O) groups is 1. The van der Waals surface area contributed by atoms with Crippen molar-refractivity contribution in [1.29, 1.82) is 0 Å². The van der Waals surface area contributed by atoms with Gasteiger partial charge in [0, 0.05) is 30.7 Å². The molecule has 3 heterocycles. The third kappa shape index (κ3) is 4.09. The van der Waals surface area contributed by atoms with Crippen LogP contribution in [0.5, 0.6) is 0 Å². The molecule has 0 bridgehead atoms. The van der Waals surface area contributed by atoms with Crippen molar-refractivity contribution in [2.75, 3.05) is 29.9 Å². The Bertz CT molecular complexity index is 992. The lowest BCUT2D eigenvalue weighted by molar-refractivity contribution is -0.118. The first-order valence-corrected chi connectivity index (χ1v) is 9.71. The molecule has 2 aromatic heterocycles. The van der Waals surface area contributed by atoms with E-state index in [1.54, 1.807) is 6.33 Å². The fourth-order valence-corrected chi connectivity index (χ4v) is 3.93. The molecule has 0 spiro atoms. The molecule has 1 aliphatic heterocycles. The molecule has 4 rings (SSSR count). The lowest BCUT2D eigenvalue weighted by Gasteiger charge is -2.33. The number of piperidine rings is 1. The Balaban J connectivity index is 1.36. The highest BCUT2D eigenvalue weighted by molar-refractivity contribution is 6.30. The van der Waals surface area contributed by atoms with Crippen LogP contribution in [0, 0.1) is 11.7 Å². The number of Topliss-reactive ketones (excluding diaryl/α,β-unsaturated/α-hetero) is 1. The van der Waals surface area contributed by atoms with Gasteiger partial charge in [0.2, 0.25) is 0 Å². The van der Waals surface area contributed by atoms with Crippen LogP contribution in [-0.4, -0.2) is 40.4 Å². The van der Waals surface area contributed by atoms with E-state index in [2.05, 4.69) is 25.2 Å². The Morgan fingerprint density at radius 3 is 3.14 bits per heavy atom. The minimum Gasteiger partial charge on any atom is -0.376 e. The molecule has 0 unspecified atom stereocenters. The molecule has 0 aliphatic carbocycles. The van der Waals surface area contributed by atoms with Crippen LogP contribution in [0.2, 0.25) is 5.02 Å². The Morgan fingerprint density at radius 2 is 2.25 bits per heavy atom. The fraction of sp³-hybridized carbons (Fsp3) is 0.350. The van der Waals surface area contributed by atoms with Crippen molar-refractivity contribution in [3.05, 3.63) is 47.6 Å². The van der Waals surface area contributed by atoms with Crippen LogP contribution < -0.4 is 10.2 Å². The summed E-state index contributed by atoms with van der Waals surface area (Å²) in [4.78, 5) is 26.4. The Labute approximate surface area is 167 Å². The maximum Gasteiger partial charge on any atom is 0.152 e. The summed E-state index contributed by atoms with van der Waals surface area (Å²) in [5, 5.41) is 4.28. The molecule has 0 radical (unpaired) electrons. The smallest absolute Gasteiger partial charge is 0.152 e. The molecule has 1 aliphatic rings. The van der Waals surface area contributed by atoms with Gasteiger partial charge in [-0.15, -0.1) is 0 Å². The van der Waals surface area contributed by atoms with Gasteiger partial charge >= 0.3 is 0 Å². The number of fused-ring (bicyclic) bond motifs is 1. The highest BCUT2D eigenvalue weighted by Crippen LogP contribution is 2.28. The summed E-state index contributed by atoms with van der Waals surface area (Å²) in [7, 11) is 0. The summed E-state index contributed by atoms with van der Waals surface area (Å²) in [6.45, 7) is 1.77. The lowest BCUT2D eigenvalue weighted by Crippen LogP contribution is -2.37. The van der Waals surface area contributed by atoms with Crippen molar-refractivity contribution < 1.29 is 9.18 Å². The molecule has 1 atom stereocenters. The number of nitrogens with zero attached hydrogens (tertiary/aromatic N) is 3. The Morgan fingerprint density at radius 1 is 1.36 bits per heavy atom. The maximum atomic E-state index is 13.8. The van der Waals surface area contributed by atoms with E-state index < -0.39 is 5.82 Å². The lowest BCUT2D eigenvalue weighted by atomic mass is 9.92. The van der Waals surface area contributed by atoms with Gasteiger partial charge in [-0.1, -0.05) is 11.6 Å². The number of hydrogen-bond donors (Lipinski definition) is 2. The number of aromatic nitrogens is 3. The molecule has 0 saturated carbocycles. The SMILES string of the molecule is O=C(CNc1cc(Cl)ccc1F)C[C@@H]1CCCN(c2ncnc3[nH]ccc23)C1. The van der Waals surface area contributed by atoms with Crippen molar-refractivity contribution in [1.82, 2.24) is 15.0 Å². The summed E-state index contributed by atoms with van der Waals surface area (Å²) in [5.41, 5.74) is 1.07. The number of nitrogens with one attached hydrogen (secondary N) is 2. The van der Waals surface area contributed by atoms with E-state index in [0.717, 1.165) is 42.8 Å². The van der Waals surface area contributed by atoms with Gasteiger partial charge in [-0.2, -0.15) is 0 Å². The number of aromatic amines is 1. The highest BCUT2D eigenvalue weighted by atomic mass is 35.5. The zero-order chi connectivity index (χ0) is 19.5. The molecular formula is C20H21ClFN5O. The number of halogens is 2. The average Bonchev–Trinajstić information content (AvgIpc) is 3.18. The summed E-state index contributed by atoms with van der Waals surface area (Å²) < 4.78 is 13.8. The van der Waals surface area contributed by atoms with Gasteiger partial charge in [0.1, 0.15) is 23.6 Å². The largest absolute Gasteiger partial charge is 0.376 e. The average molecular weight is 402 g/mol. The first-order valence-electron chi connectivity index (χ1n) is 9.34. The standard InChI is InChI=1S/C20H21ClFN5O/c21-14-3-4-17(22)18(9-14)24-10-15(28)8-13-2-1-7-27(11-13)20-16-5-6-23-19(16)25-12-26-20/h3-6,9,12-13,24H,1-2,7-8,10-11H2,(H,23,25,26)/t13-/m0/s1. The summed E-state index contributed by atoms with van der Waals surface area (Å²) in [6.07, 6.45) is 5.87. The summed E-state index contributed by atoms with van der Waals surface area (Å²) >= 11 is 5.89. The second kappa shape index (κ2) is 8.14. The quantitative estimate of drug-likeness (QED) is 0.652. The van der Waals surface area contributed by atoms with Crippen LogP contribution in [0.4, 0.5) is 15.9 Å². The van der Waals surface area contributed by atoms with Gasteiger partial charge in [-0.3, -0.25) is 4.79 Å². The van der Waals surface area contributed by atoms with E-state index in [1.165, 1.54) is 18.2 Å². The van der Waals surface area contributed by atoms with Crippen molar-refractivity contribution in [2.24, 2.45) is 5.92 Å². The minimum atomic E-state index is -0.416. The molecule has 28 heavy (non-hydrogen) atoms. The van der Waals surface area contributed by atoms with E-state index in [4.69, 9.17) is 11.6 Å². The zero-order valence-corrected chi connectivity index (χ0v) is 16.0. The molecule has 1 aromatic carbocycles. The van der Waals surface area contributed by atoms with E-state index in [-0.39, 0.29) is 23.9 Å². The molecule has 146 valence electrons. The van der Waals surface area contributed by atoms with Crippen LogP contribution in [0.3, 0.4) is 0 Å². The highest BCUT2D eigenvalue weighted by Gasteiger charge is 2.24. The molecule has 2 N–H and O–H groups in total. The van der Waals surface area contributed by atoms with Gasteiger partial charge in [0.25, 0.3) is 0 Å². The van der Waals surface area contributed by atoms with Crippen LogP contribution in [0.15, 0.2) is 36.8 Å². The number of carbonyl (C=O) groups excluding carboxylic acids is 1. The van der Waals surface area contributed by atoms with Crippen molar-refractivity contribution >= 4 is 39.9 Å². The number of H-pyrrole nitrogens is 1. The molecule has 1 fully saturated rings. The van der Waals surface area contributed by atoms with Crippen molar-refractivity contribution in [3.8, 4) is 0 Å². The van der Waals surface area contributed by atoms with Gasteiger partial charge in [0.05, 0.1) is 17.6 Å². The third-order valence-electron chi connectivity index (χ3n) is 5.07. The number of ketones is 1. The molecule has 0 amide bonds. The van der Waals surface area contributed by atoms with E-state index in [0.29, 0.717) is 11.4 Å². The Hall–Kier alpha value is -2.67. The minimum absolute atomic E-state index is 0.0562. The monoisotopic (exact) mass is 401 g/mol. The first-order chi connectivity index (χ1) is 13.6. The van der Waals surface area contributed by atoms with Crippen LogP contribution in [0.25, 0.3) is 11.0 Å². The third-order valence-corrected chi connectivity index (χ3v) is 5.31. The normalized spacial score (nSPS) is 17.1. The second-order valence-corrected chi connectivity index (χ2v) is 7.55. The van der Waals surface area contributed by atoms with E-state index in [9.17, 15) is 9.18 Å². The van der Waals surface area contributed by atoms with Gasteiger partial charge in [-0.05, 0) is 43.0 Å². The van der Waals surface area contributed by atoms with Crippen LogP contribution in [-0.2, 0) is 4.79 Å². The van der Waals surface area contributed by atoms with E-state index >= 15 is 0 Å². The first kappa shape index (κ1) is 18.7. The predicted molar refractivity (Wildman–Crippen MR) is 108 cm³/mol. The molecule has 1 saturated heterocycles. The van der Waals surface area contributed by atoms with E-state index in [1.807, 2.05) is 12.3 Å². The molecule has 3 aromatic rings. The van der Waals surface area contributed by atoms with Gasteiger partial charge < -0.3 is 15.2 Å². The fourth-order valence-electron chi connectivity index (χ4n) is 3.76. The van der Waals surface area contributed by atoms with Crippen molar-refractivity contribution in [3.63, 3.8) is 0 Å². The number of anilines is 2. The summed E-state index contributed by atoms with van der Waals surface area (Å²) in [5.74, 6) is 0.791. The summed E-state index contributed by atoms with van der Waals surface area (Å²) in [6, 6.07) is 6.24. The number of rotatable bonds is 6. The van der Waals surface area contributed by atoms with Crippen molar-refractivity contribution in [2.45, 2.75) is 19.3 Å². The van der Waals surface area contributed by atoms with Gasteiger partial charge in [0.15, 0.2) is 5.78 Å². The van der Waals surface area contributed by atoms with Crippen LogP contribution in [0.1, 0.15) is 19.3 Å². The Kier molecular flexibility index (Phi) is 5.43. The maximum absolute atomic E-state index is 13.8. The second-order valence-electron chi connectivity index (χ2n) is 7.11. The number of hydrogen-bond acceptors (Lipinski definition) is 5. The molecule has 8 heteroatoms. The molecule has 6 nitrogen and oxygen atoms in total. The number of benzene rings is 1. The van der Waals surface area contributed by atoms with Crippen LogP contribution >= 0.6 is 11.6 Å². The zero-order valence-electron chi connectivity index (χ0n) is 15.3. The predicted octanol–water partition coefficient (Wildman–Crippen LogP) is 4.04. The molecular weight excluding hydrogens is 381 g/mol. The van der Waals surface area contributed by atoms with Gasteiger partial charge in [-0.25, -0.2) is 14.4 Å².